The molecule has 0 fully saturated rings. The van der Waals surface area contributed by atoms with Crippen molar-refractivity contribution in [1.29, 1.82) is 0 Å². The number of nitrogens with zero attached hydrogens (tertiary/aromatic N) is 1. The molecule has 0 aromatic heterocycles. The van der Waals surface area contributed by atoms with Crippen molar-refractivity contribution in [2.45, 2.75) is 6.04 Å². The van der Waals surface area contributed by atoms with Gasteiger partial charge in [-0.25, -0.2) is 4.39 Å². The van der Waals surface area contributed by atoms with Gasteiger partial charge in [0.15, 0.2) is 0 Å². The van der Waals surface area contributed by atoms with Gasteiger partial charge in [0.25, 0.3) is 0 Å². The van der Waals surface area contributed by atoms with Crippen molar-refractivity contribution in [3.8, 4) is 11.1 Å². The van der Waals surface area contributed by atoms with E-state index < -0.39 is 0 Å². The second-order valence-corrected chi connectivity index (χ2v) is 4.68. The van der Waals surface area contributed by atoms with Gasteiger partial charge in [-0.3, -0.25) is 4.90 Å². The van der Waals surface area contributed by atoms with Gasteiger partial charge in [-0.05, 0) is 48.5 Å². The zero-order valence-electron chi connectivity index (χ0n) is 9.94. The van der Waals surface area contributed by atoms with Crippen molar-refractivity contribution in [2.24, 2.45) is 0 Å². The molecule has 0 spiro atoms. The third-order valence-corrected chi connectivity index (χ3v) is 3.37. The molecule has 0 bridgehead atoms. The highest BCUT2D eigenvalue weighted by Crippen LogP contribution is 2.45. The van der Waals surface area contributed by atoms with Crippen LogP contribution >= 0.6 is 0 Å². The molecule has 0 saturated carbocycles. The second kappa shape index (κ2) is 3.67. The molecule has 1 aliphatic carbocycles. The summed E-state index contributed by atoms with van der Waals surface area (Å²) in [5.74, 6) is -0.164. The van der Waals surface area contributed by atoms with E-state index in [-0.39, 0.29) is 11.9 Å². The molecule has 2 aromatic rings. The van der Waals surface area contributed by atoms with E-state index in [0.717, 1.165) is 11.1 Å². The van der Waals surface area contributed by atoms with Crippen LogP contribution in [0.5, 0.6) is 0 Å². The van der Waals surface area contributed by atoms with E-state index >= 15 is 0 Å². The van der Waals surface area contributed by atoms with Crippen molar-refractivity contribution in [1.82, 2.24) is 4.90 Å². The van der Waals surface area contributed by atoms with Gasteiger partial charge in [0.2, 0.25) is 0 Å². The molecule has 0 amide bonds. The largest absolute Gasteiger partial charge is 0.299 e. The smallest absolute Gasteiger partial charge is 0.123 e. The molecule has 0 saturated heterocycles. The number of fused-ring (bicyclic) bond motifs is 3. The van der Waals surface area contributed by atoms with Crippen LogP contribution in [0.15, 0.2) is 42.5 Å². The molecular formula is C15H14FN. The Morgan fingerprint density at radius 2 is 1.65 bits per heavy atom. The Morgan fingerprint density at radius 1 is 0.941 bits per heavy atom. The van der Waals surface area contributed by atoms with Crippen LogP contribution in [0.4, 0.5) is 4.39 Å². The van der Waals surface area contributed by atoms with Crippen LogP contribution in [-0.4, -0.2) is 19.0 Å². The van der Waals surface area contributed by atoms with Gasteiger partial charge in [-0.1, -0.05) is 30.3 Å². The standard InChI is InChI=1S/C15H14FN/c1-17(2)15-13-6-4-3-5-11(13)12-8-7-10(16)9-14(12)15/h3-9,15H,1-2H3. The first-order valence-corrected chi connectivity index (χ1v) is 5.73. The molecule has 1 aliphatic rings. The van der Waals surface area contributed by atoms with Gasteiger partial charge in [-0.15, -0.1) is 0 Å². The molecule has 0 aliphatic heterocycles. The maximum absolute atomic E-state index is 13.4. The fraction of sp³-hybridized carbons (Fsp3) is 0.200. The summed E-state index contributed by atoms with van der Waals surface area (Å²) in [5.41, 5.74) is 4.70. The van der Waals surface area contributed by atoms with Gasteiger partial charge in [0.05, 0.1) is 6.04 Å². The van der Waals surface area contributed by atoms with Crippen LogP contribution in [0.1, 0.15) is 17.2 Å². The summed E-state index contributed by atoms with van der Waals surface area (Å²) >= 11 is 0. The van der Waals surface area contributed by atoms with Crippen LogP contribution < -0.4 is 0 Å². The summed E-state index contributed by atoms with van der Waals surface area (Å²) in [6, 6.07) is 13.5. The van der Waals surface area contributed by atoms with Crippen molar-refractivity contribution >= 4 is 0 Å². The van der Waals surface area contributed by atoms with Gasteiger partial charge in [0, 0.05) is 0 Å². The molecular weight excluding hydrogens is 213 g/mol. The molecule has 1 atom stereocenters. The number of halogens is 1. The van der Waals surface area contributed by atoms with Crippen LogP contribution in [0.3, 0.4) is 0 Å². The SMILES string of the molecule is CN(C)C1c2ccccc2-c2ccc(F)cc21. The number of hydrogen-bond donors (Lipinski definition) is 0. The monoisotopic (exact) mass is 227 g/mol. The minimum atomic E-state index is -0.164. The first-order chi connectivity index (χ1) is 8.18. The number of benzene rings is 2. The molecule has 17 heavy (non-hydrogen) atoms. The predicted octanol–water partition coefficient (Wildman–Crippen LogP) is 3.46. The van der Waals surface area contributed by atoms with E-state index in [0.29, 0.717) is 0 Å². The molecule has 0 N–H and O–H groups in total. The van der Waals surface area contributed by atoms with Gasteiger partial charge in [-0.2, -0.15) is 0 Å². The van der Waals surface area contributed by atoms with Crippen LogP contribution in [0.25, 0.3) is 11.1 Å². The van der Waals surface area contributed by atoms with Gasteiger partial charge < -0.3 is 0 Å². The Bertz CT molecular complexity index is 575. The third-order valence-electron chi connectivity index (χ3n) is 3.37. The second-order valence-electron chi connectivity index (χ2n) is 4.68. The van der Waals surface area contributed by atoms with Crippen LogP contribution in [0, 0.1) is 5.82 Å². The molecule has 2 aromatic carbocycles. The maximum Gasteiger partial charge on any atom is 0.123 e. The molecule has 2 heteroatoms. The molecule has 86 valence electrons. The lowest BCUT2D eigenvalue weighted by molar-refractivity contribution is 0.347. The Morgan fingerprint density at radius 3 is 2.41 bits per heavy atom. The molecule has 0 heterocycles. The molecule has 3 rings (SSSR count). The maximum atomic E-state index is 13.4. The van der Waals surface area contributed by atoms with Crippen LogP contribution in [-0.2, 0) is 0 Å². The third kappa shape index (κ3) is 1.48. The fourth-order valence-corrected chi connectivity index (χ4v) is 2.71. The molecule has 1 nitrogen and oxygen atoms in total. The van der Waals surface area contributed by atoms with Crippen molar-refractivity contribution < 1.29 is 4.39 Å². The molecule has 1 unspecified atom stereocenters. The average Bonchev–Trinajstić information content (AvgIpc) is 2.62. The van der Waals surface area contributed by atoms with Crippen molar-refractivity contribution in [2.75, 3.05) is 14.1 Å². The minimum Gasteiger partial charge on any atom is -0.299 e. The molecule has 0 radical (unpaired) electrons. The Kier molecular flexibility index (Phi) is 2.26. The van der Waals surface area contributed by atoms with E-state index in [9.17, 15) is 4.39 Å². The lowest BCUT2D eigenvalue weighted by atomic mass is 10.0. The highest BCUT2D eigenvalue weighted by Gasteiger charge is 2.29. The van der Waals surface area contributed by atoms with E-state index in [1.807, 2.05) is 32.3 Å². The zero-order valence-corrected chi connectivity index (χ0v) is 9.94. The first kappa shape index (κ1) is 10.5. The average molecular weight is 227 g/mol. The normalized spacial score (nSPS) is 17.1. The summed E-state index contributed by atoms with van der Waals surface area (Å²) in [6.07, 6.45) is 0. The van der Waals surface area contributed by atoms with E-state index in [1.165, 1.54) is 17.2 Å². The highest BCUT2D eigenvalue weighted by molar-refractivity contribution is 5.78. The van der Waals surface area contributed by atoms with Crippen molar-refractivity contribution in [3.05, 3.63) is 59.4 Å². The number of hydrogen-bond acceptors (Lipinski definition) is 1. The van der Waals surface area contributed by atoms with E-state index in [4.69, 9.17) is 0 Å². The van der Waals surface area contributed by atoms with Crippen molar-refractivity contribution in [3.63, 3.8) is 0 Å². The summed E-state index contributed by atoms with van der Waals surface area (Å²) in [6.45, 7) is 0. The van der Waals surface area contributed by atoms with E-state index in [2.05, 4.69) is 17.0 Å². The Labute approximate surface area is 101 Å². The first-order valence-electron chi connectivity index (χ1n) is 5.73. The lowest BCUT2D eigenvalue weighted by Crippen LogP contribution is -2.18. The van der Waals surface area contributed by atoms with Gasteiger partial charge in [0.1, 0.15) is 5.82 Å². The summed E-state index contributed by atoms with van der Waals surface area (Å²) in [5, 5.41) is 0. The van der Waals surface area contributed by atoms with E-state index in [1.54, 1.807) is 6.07 Å². The summed E-state index contributed by atoms with van der Waals surface area (Å²) < 4.78 is 13.4. The lowest BCUT2D eigenvalue weighted by Gasteiger charge is -2.21. The van der Waals surface area contributed by atoms with Gasteiger partial charge >= 0.3 is 0 Å². The Balaban J connectivity index is 2.29. The quantitative estimate of drug-likeness (QED) is 0.721. The summed E-state index contributed by atoms with van der Waals surface area (Å²) in [7, 11) is 4.06. The predicted molar refractivity (Wildman–Crippen MR) is 67.4 cm³/mol. The number of rotatable bonds is 1. The minimum absolute atomic E-state index is 0.164. The fourth-order valence-electron chi connectivity index (χ4n) is 2.71. The Hall–Kier alpha value is -1.67. The topological polar surface area (TPSA) is 3.24 Å². The summed E-state index contributed by atoms with van der Waals surface area (Å²) in [4.78, 5) is 2.13. The highest BCUT2D eigenvalue weighted by atomic mass is 19.1. The van der Waals surface area contributed by atoms with Crippen LogP contribution in [0.2, 0.25) is 0 Å². The zero-order chi connectivity index (χ0) is 12.0.